The maximum atomic E-state index is 12.2. The van der Waals surface area contributed by atoms with E-state index in [1.165, 1.54) is 4.31 Å². The van der Waals surface area contributed by atoms with Crippen molar-refractivity contribution in [1.29, 1.82) is 0 Å². The van der Waals surface area contributed by atoms with Crippen LogP contribution in [0.5, 0.6) is 0 Å². The van der Waals surface area contributed by atoms with E-state index >= 15 is 0 Å². The van der Waals surface area contributed by atoms with E-state index in [1.54, 1.807) is 20.8 Å². The molecule has 0 aliphatic heterocycles. The van der Waals surface area contributed by atoms with Gasteiger partial charge in [0.1, 0.15) is 0 Å². The molecule has 0 heterocycles. The van der Waals surface area contributed by atoms with E-state index < -0.39 is 14.8 Å². The van der Waals surface area contributed by atoms with Crippen molar-refractivity contribution in [3.63, 3.8) is 0 Å². The van der Waals surface area contributed by atoms with Gasteiger partial charge in [-0.1, -0.05) is 0 Å². The molecule has 0 aromatic rings. The molecule has 0 N–H and O–H groups in total. The minimum Gasteiger partial charge on any atom is -0.212 e. The third-order valence-electron chi connectivity index (χ3n) is 2.17. The minimum atomic E-state index is -3.24. The van der Waals surface area contributed by atoms with E-state index in [9.17, 15) is 8.42 Å². The number of rotatable bonds is 5. The molecule has 0 atom stereocenters. The molecular weight excluding hydrogens is 234 g/mol. The van der Waals surface area contributed by atoms with Gasteiger partial charge < -0.3 is 0 Å². The van der Waals surface area contributed by atoms with Crippen LogP contribution in [0.3, 0.4) is 0 Å². The van der Waals surface area contributed by atoms with Crippen molar-refractivity contribution < 1.29 is 8.42 Å². The zero-order valence-corrected chi connectivity index (χ0v) is 11.8. The van der Waals surface area contributed by atoms with E-state index in [1.807, 2.05) is 13.8 Å². The highest BCUT2D eigenvalue weighted by Gasteiger charge is 2.36. The molecule has 0 aromatic carbocycles. The fraction of sp³-hybridized carbons (Fsp3) is 1.00. The van der Waals surface area contributed by atoms with Gasteiger partial charge in [-0.3, -0.25) is 0 Å². The molecule has 0 spiro atoms. The second-order valence-electron chi connectivity index (χ2n) is 4.86. The molecule has 5 heteroatoms. The summed E-state index contributed by atoms with van der Waals surface area (Å²) in [6.07, 6.45) is 0.690. The van der Waals surface area contributed by atoms with Gasteiger partial charge in [0.25, 0.3) is 0 Å². The molecule has 15 heavy (non-hydrogen) atoms. The number of sulfonamides is 1. The van der Waals surface area contributed by atoms with Crippen LogP contribution in [0.25, 0.3) is 0 Å². The Morgan fingerprint density at radius 1 is 1.27 bits per heavy atom. The lowest BCUT2D eigenvalue weighted by Gasteiger charge is -2.32. The van der Waals surface area contributed by atoms with Crippen LogP contribution < -0.4 is 0 Å². The first kappa shape index (κ1) is 15.2. The topological polar surface area (TPSA) is 37.4 Å². The largest absolute Gasteiger partial charge is 0.219 e. The van der Waals surface area contributed by atoms with Crippen molar-refractivity contribution in [3.05, 3.63) is 0 Å². The highest BCUT2D eigenvalue weighted by Crippen LogP contribution is 2.22. The Hall–Kier alpha value is 0.200. The van der Waals surface area contributed by atoms with Crippen LogP contribution in [0.2, 0.25) is 0 Å². The Labute approximate surface area is 98.8 Å². The van der Waals surface area contributed by atoms with Crippen LogP contribution in [0, 0.1) is 0 Å². The number of hydrogen-bond donors (Lipinski definition) is 0. The van der Waals surface area contributed by atoms with E-state index in [-0.39, 0.29) is 6.04 Å². The second kappa shape index (κ2) is 5.51. The van der Waals surface area contributed by atoms with E-state index in [0.29, 0.717) is 18.8 Å². The summed E-state index contributed by atoms with van der Waals surface area (Å²) >= 11 is 5.59. The van der Waals surface area contributed by atoms with Crippen LogP contribution in [0.15, 0.2) is 0 Å². The molecule has 3 nitrogen and oxygen atoms in total. The summed E-state index contributed by atoms with van der Waals surface area (Å²) in [7, 11) is -3.24. The van der Waals surface area contributed by atoms with Crippen molar-refractivity contribution in [2.45, 2.75) is 51.8 Å². The van der Waals surface area contributed by atoms with Crippen LogP contribution in [0.4, 0.5) is 0 Å². The highest BCUT2D eigenvalue weighted by molar-refractivity contribution is 7.90. The Morgan fingerprint density at radius 2 is 1.73 bits per heavy atom. The van der Waals surface area contributed by atoms with Crippen LogP contribution >= 0.6 is 11.6 Å². The number of halogens is 1. The summed E-state index contributed by atoms with van der Waals surface area (Å²) in [5.74, 6) is 0.489. The van der Waals surface area contributed by atoms with Gasteiger partial charge in [-0.15, -0.1) is 11.6 Å². The van der Waals surface area contributed by atoms with Gasteiger partial charge in [0.15, 0.2) is 0 Å². The van der Waals surface area contributed by atoms with E-state index in [2.05, 4.69) is 0 Å². The van der Waals surface area contributed by atoms with Gasteiger partial charge >= 0.3 is 0 Å². The molecule has 0 rings (SSSR count). The highest BCUT2D eigenvalue weighted by atomic mass is 35.5. The maximum absolute atomic E-state index is 12.2. The molecule has 0 fully saturated rings. The van der Waals surface area contributed by atoms with Crippen LogP contribution in [0.1, 0.15) is 41.0 Å². The number of alkyl halides is 1. The first-order chi connectivity index (χ1) is 6.64. The lowest BCUT2D eigenvalue weighted by Crippen LogP contribution is -2.46. The van der Waals surface area contributed by atoms with Crippen molar-refractivity contribution in [2.24, 2.45) is 0 Å². The summed E-state index contributed by atoms with van der Waals surface area (Å²) in [5, 5.41) is 0. The molecule has 92 valence electrons. The Morgan fingerprint density at radius 3 is 2.00 bits per heavy atom. The standard InChI is InChI=1S/C10H22ClNO2S/c1-9(2)12(8-6-7-11)15(13,14)10(3,4)5/h9H,6-8H2,1-5H3. The lowest BCUT2D eigenvalue weighted by atomic mass is 10.3. The summed E-state index contributed by atoms with van der Waals surface area (Å²) < 4.78 is 25.2. The van der Waals surface area contributed by atoms with Crippen molar-refractivity contribution in [2.75, 3.05) is 12.4 Å². The molecule has 0 bridgehead atoms. The molecule has 0 saturated heterocycles. The summed E-state index contributed by atoms with van der Waals surface area (Å²) in [6.45, 7) is 9.44. The molecule has 0 aromatic heterocycles. The molecule has 0 radical (unpaired) electrons. The predicted molar refractivity (Wildman–Crippen MR) is 65.9 cm³/mol. The Kier molecular flexibility index (Phi) is 5.58. The first-order valence-electron chi connectivity index (χ1n) is 5.22. The summed E-state index contributed by atoms with van der Waals surface area (Å²) in [4.78, 5) is 0. The fourth-order valence-electron chi connectivity index (χ4n) is 1.22. The third-order valence-corrected chi connectivity index (χ3v) is 5.21. The number of hydrogen-bond acceptors (Lipinski definition) is 2. The quantitative estimate of drug-likeness (QED) is 0.708. The summed E-state index contributed by atoms with van der Waals surface area (Å²) in [5.41, 5.74) is 0. The van der Waals surface area contributed by atoms with E-state index in [4.69, 9.17) is 11.6 Å². The molecule has 0 saturated carbocycles. The number of nitrogens with zero attached hydrogens (tertiary/aromatic N) is 1. The minimum absolute atomic E-state index is 0.0163. The Bertz CT molecular complexity index is 280. The van der Waals surface area contributed by atoms with Gasteiger partial charge in [0.05, 0.1) is 4.75 Å². The third kappa shape index (κ3) is 3.93. The van der Waals surface area contributed by atoms with Crippen molar-refractivity contribution in [1.82, 2.24) is 4.31 Å². The van der Waals surface area contributed by atoms with Gasteiger partial charge in [0, 0.05) is 18.5 Å². The van der Waals surface area contributed by atoms with Gasteiger partial charge in [-0.25, -0.2) is 8.42 Å². The van der Waals surface area contributed by atoms with Crippen LogP contribution in [-0.4, -0.2) is 35.9 Å². The van der Waals surface area contributed by atoms with Crippen molar-refractivity contribution in [3.8, 4) is 0 Å². The first-order valence-corrected chi connectivity index (χ1v) is 7.19. The molecule has 0 unspecified atom stereocenters. The van der Waals surface area contributed by atoms with Gasteiger partial charge in [0.2, 0.25) is 10.0 Å². The van der Waals surface area contributed by atoms with E-state index in [0.717, 1.165) is 0 Å². The predicted octanol–water partition coefficient (Wildman–Crippen LogP) is 2.45. The fourth-order valence-corrected chi connectivity index (χ4v) is 2.97. The monoisotopic (exact) mass is 255 g/mol. The Balaban J connectivity index is 4.93. The molecule has 0 aliphatic rings. The second-order valence-corrected chi connectivity index (χ2v) is 7.89. The SMILES string of the molecule is CC(C)N(CCCCl)S(=O)(=O)C(C)(C)C. The zero-order chi connectivity index (χ0) is 12.3. The zero-order valence-electron chi connectivity index (χ0n) is 10.2. The van der Waals surface area contributed by atoms with Crippen LogP contribution in [-0.2, 0) is 10.0 Å². The molecule has 0 amide bonds. The average molecular weight is 256 g/mol. The van der Waals surface area contributed by atoms with Gasteiger partial charge in [-0.2, -0.15) is 4.31 Å². The lowest BCUT2D eigenvalue weighted by molar-refractivity contribution is 0.343. The van der Waals surface area contributed by atoms with Crippen molar-refractivity contribution >= 4 is 21.6 Å². The molecule has 0 aliphatic carbocycles. The van der Waals surface area contributed by atoms with Gasteiger partial charge in [-0.05, 0) is 41.0 Å². The molecular formula is C10H22ClNO2S. The summed E-state index contributed by atoms with van der Waals surface area (Å²) in [6, 6.07) is -0.0163. The normalized spacial score (nSPS) is 13.9. The average Bonchev–Trinajstić information content (AvgIpc) is 2.01. The smallest absolute Gasteiger partial charge is 0.212 e. The maximum Gasteiger partial charge on any atom is 0.219 e.